The first-order valence-corrected chi connectivity index (χ1v) is 6.62. The minimum atomic E-state index is 0.129. The van der Waals surface area contributed by atoms with E-state index in [1.165, 1.54) is 0 Å². The second kappa shape index (κ2) is 5.17. The first kappa shape index (κ1) is 13.8. The van der Waals surface area contributed by atoms with Crippen LogP contribution in [0.5, 0.6) is 0 Å². The number of nitrogen functional groups attached to an aromatic ring is 1. The Bertz CT molecular complexity index is 576. The molecule has 2 rings (SSSR count). The van der Waals surface area contributed by atoms with Crippen molar-refractivity contribution in [3.63, 3.8) is 0 Å². The summed E-state index contributed by atoms with van der Waals surface area (Å²) in [7, 11) is 0. The van der Waals surface area contributed by atoms with Crippen molar-refractivity contribution >= 4 is 17.3 Å². The van der Waals surface area contributed by atoms with E-state index in [9.17, 15) is 0 Å². The minimum Gasteiger partial charge on any atom is -0.399 e. The number of nitrogens with two attached hydrogens (primary N) is 1. The van der Waals surface area contributed by atoms with E-state index < -0.39 is 0 Å². The second-order valence-electron chi connectivity index (χ2n) is 5.42. The highest BCUT2D eigenvalue weighted by molar-refractivity contribution is 6.33. The van der Waals surface area contributed by atoms with E-state index >= 15 is 0 Å². The quantitative estimate of drug-likeness (QED) is 0.874. The van der Waals surface area contributed by atoms with Gasteiger partial charge in [0.1, 0.15) is 0 Å². The lowest BCUT2D eigenvalue weighted by atomic mass is 9.90. The molecular weight excluding hydrogens is 262 g/mol. The van der Waals surface area contributed by atoms with Crippen molar-refractivity contribution in [2.75, 3.05) is 5.73 Å². The van der Waals surface area contributed by atoms with Crippen molar-refractivity contribution in [3.05, 3.63) is 23.2 Å². The van der Waals surface area contributed by atoms with Crippen LogP contribution in [0.2, 0.25) is 5.02 Å². The summed E-state index contributed by atoms with van der Waals surface area (Å²) in [5.41, 5.74) is 7.25. The van der Waals surface area contributed by atoms with Crippen LogP contribution in [0.4, 0.5) is 5.69 Å². The van der Waals surface area contributed by atoms with Gasteiger partial charge in [-0.15, -0.1) is 5.10 Å². The molecule has 0 saturated heterocycles. The zero-order chi connectivity index (χ0) is 14.0. The van der Waals surface area contributed by atoms with Gasteiger partial charge in [0.25, 0.3) is 0 Å². The molecule has 0 atom stereocenters. The molecule has 0 unspecified atom stereocenters. The summed E-state index contributed by atoms with van der Waals surface area (Å²) in [6, 6.07) is 5.35. The number of rotatable bonds is 4. The monoisotopic (exact) mass is 279 g/mol. The zero-order valence-corrected chi connectivity index (χ0v) is 12.1. The van der Waals surface area contributed by atoms with Crippen LogP contribution in [0.1, 0.15) is 27.2 Å². The van der Waals surface area contributed by atoms with E-state index in [2.05, 4.69) is 36.3 Å². The van der Waals surface area contributed by atoms with Crippen molar-refractivity contribution in [1.82, 2.24) is 20.2 Å². The van der Waals surface area contributed by atoms with E-state index in [-0.39, 0.29) is 5.41 Å². The molecule has 0 aliphatic rings. The lowest BCUT2D eigenvalue weighted by Gasteiger charge is -2.22. The molecular formula is C13H18ClN5. The van der Waals surface area contributed by atoms with Gasteiger partial charge in [-0.3, -0.25) is 0 Å². The van der Waals surface area contributed by atoms with Crippen molar-refractivity contribution < 1.29 is 0 Å². The van der Waals surface area contributed by atoms with E-state index in [0.717, 1.165) is 18.5 Å². The molecule has 1 heterocycles. The molecule has 0 aliphatic carbocycles. The number of hydrogen-bond donors (Lipinski definition) is 1. The smallest absolute Gasteiger partial charge is 0.183 e. The number of benzene rings is 1. The van der Waals surface area contributed by atoms with Crippen LogP contribution in [-0.4, -0.2) is 20.2 Å². The standard InChI is InChI=1S/C13H18ClN5/c1-4-13(2,3)8-19-12(16-17-18-19)10-6-5-9(15)7-11(10)14/h5-7H,4,8,15H2,1-3H3. The largest absolute Gasteiger partial charge is 0.399 e. The van der Waals surface area contributed by atoms with Gasteiger partial charge in [0.15, 0.2) is 5.82 Å². The lowest BCUT2D eigenvalue weighted by Crippen LogP contribution is -2.20. The Balaban J connectivity index is 2.39. The van der Waals surface area contributed by atoms with Gasteiger partial charge in [0.05, 0.1) is 11.6 Å². The van der Waals surface area contributed by atoms with Gasteiger partial charge in [-0.1, -0.05) is 32.4 Å². The summed E-state index contributed by atoms with van der Waals surface area (Å²) in [5, 5.41) is 12.4. The van der Waals surface area contributed by atoms with E-state index in [1.54, 1.807) is 16.8 Å². The summed E-state index contributed by atoms with van der Waals surface area (Å²) in [5.74, 6) is 0.673. The number of hydrogen-bond acceptors (Lipinski definition) is 4. The fraction of sp³-hybridized carbons (Fsp3) is 0.462. The van der Waals surface area contributed by atoms with Gasteiger partial charge in [-0.05, 0) is 40.5 Å². The Hall–Kier alpha value is -1.62. The third-order valence-corrected chi connectivity index (χ3v) is 3.61. The van der Waals surface area contributed by atoms with Gasteiger partial charge in [0.2, 0.25) is 0 Å². The van der Waals surface area contributed by atoms with Crippen LogP contribution in [0.25, 0.3) is 11.4 Å². The Morgan fingerprint density at radius 1 is 1.37 bits per heavy atom. The molecule has 102 valence electrons. The SMILES string of the molecule is CCC(C)(C)Cn1nnnc1-c1ccc(N)cc1Cl. The van der Waals surface area contributed by atoms with Crippen LogP contribution in [-0.2, 0) is 6.54 Å². The molecule has 0 amide bonds. The fourth-order valence-corrected chi connectivity index (χ4v) is 2.01. The minimum absolute atomic E-state index is 0.129. The van der Waals surface area contributed by atoms with Crippen molar-refractivity contribution in [3.8, 4) is 11.4 Å². The average molecular weight is 280 g/mol. The van der Waals surface area contributed by atoms with Gasteiger partial charge >= 0.3 is 0 Å². The highest BCUT2D eigenvalue weighted by atomic mass is 35.5. The first-order valence-electron chi connectivity index (χ1n) is 6.24. The molecule has 0 aliphatic heterocycles. The normalized spacial score (nSPS) is 11.8. The number of nitrogens with zero attached hydrogens (tertiary/aromatic N) is 4. The maximum atomic E-state index is 6.21. The van der Waals surface area contributed by atoms with Crippen LogP contribution < -0.4 is 5.73 Å². The van der Waals surface area contributed by atoms with Crippen LogP contribution in [0.15, 0.2) is 18.2 Å². The molecule has 0 saturated carbocycles. The highest BCUT2D eigenvalue weighted by Gasteiger charge is 2.20. The van der Waals surface area contributed by atoms with Gasteiger partial charge in [0, 0.05) is 11.3 Å². The third kappa shape index (κ3) is 3.04. The summed E-state index contributed by atoms with van der Waals surface area (Å²) in [6.07, 6.45) is 1.04. The Kier molecular flexibility index (Phi) is 3.75. The number of halogens is 1. The molecule has 0 spiro atoms. The van der Waals surface area contributed by atoms with E-state index in [4.69, 9.17) is 17.3 Å². The zero-order valence-electron chi connectivity index (χ0n) is 11.4. The van der Waals surface area contributed by atoms with Crippen LogP contribution >= 0.6 is 11.6 Å². The summed E-state index contributed by atoms with van der Waals surface area (Å²) < 4.78 is 1.79. The van der Waals surface area contributed by atoms with Gasteiger partial charge in [-0.25, -0.2) is 4.68 Å². The van der Waals surface area contributed by atoms with E-state index in [1.807, 2.05) is 6.07 Å². The van der Waals surface area contributed by atoms with E-state index in [0.29, 0.717) is 16.5 Å². The maximum Gasteiger partial charge on any atom is 0.183 e. The highest BCUT2D eigenvalue weighted by Crippen LogP contribution is 2.29. The molecule has 1 aromatic heterocycles. The Labute approximate surface area is 117 Å². The third-order valence-electron chi connectivity index (χ3n) is 3.30. The fourth-order valence-electron chi connectivity index (χ4n) is 1.73. The molecule has 6 heteroatoms. The molecule has 0 radical (unpaired) electrons. The molecule has 2 aromatic rings. The predicted molar refractivity (Wildman–Crippen MR) is 76.7 cm³/mol. The second-order valence-corrected chi connectivity index (χ2v) is 5.82. The molecule has 0 bridgehead atoms. The predicted octanol–water partition coefficient (Wildman–Crippen LogP) is 3.01. The van der Waals surface area contributed by atoms with Crippen molar-refractivity contribution in [1.29, 1.82) is 0 Å². The molecule has 0 fully saturated rings. The molecule has 5 nitrogen and oxygen atoms in total. The summed E-state index contributed by atoms with van der Waals surface area (Å²) >= 11 is 6.21. The summed E-state index contributed by atoms with van der Waals surface area (Å²) in [4.78, 5) is 0. The molecule has 2 N–H and O–H groups in total. The average Bonchev–Trinajstić information content (AvgIpc) is 2.76. The number of aromatic nitrogens is 4. The van der Waals surface area contributed by atoms with Crippen LogP contribution in [0.3, 0.4) is 0 Å². The van der Waals surface area contributed by atoms with Gasteiger partial charge in [-0.2, -0.15) is 0 Å². The Morgan fingerprint density at radius 3 is 2.74 bits per heavy atom. The molecule has 1 aromatic carbocycles. The molecule has 19 heavy (non-hydrogen) atoms. The topological polar surface area (TPSA) is 69.6 Å². The first-order chi connectivity index (χ1) is 8.93. The Morgan fingerprint density at radius 2 is 2.11 bits per heavy atom. The number of anilines is 1. The van der Waals surface area contributed by atoms with Crippen molar-refractivity contribution in [2.45, 2.75) is 33.7 Å². The van der Waals surface area contributed by atoms with Crippen molar-refractivity contribution in [2.24, 2.45) is 5.41 Å². The number of tetrazole rings is 1. The summed E-state index contributed by atoms with van der Waals surface area (Å²) in [6.45, 7) is 7.26. The van der Waals surface area contributed by atoms with Crippen LogP contribution in [0, 0.1) is 5.41 Å². The van der Waals surface area contributed by atoms with Gasteiger partial charge < -0.3 is 5.73 Å². The lowest BCUT2D eigenvalue weighted by molar-refractivity contribution is 0.279. The maximum absolute atomic E-state index is 6.21.